The topological polar surface area (TPSA) is 86.2 Å². The lowest BCUT2D eigenvalue weighted by Gasteiger charge is -2.19. The smallest absolute Gasteiger partial charge is 0.0193 e. The molecular weight excluding hydrogens is 252 g/mol. The van der Waals surface area contributed by atoms with Gasteiger partial charge in [-0.05, 0) is 19.4 Å². The standard InChI is InChI=1S/C14H34N6/c15-4-2-1-3-14-13-19-10-9-17-6-5-16-7-8-18-11-12-20-14/h14,16-20H,1-13,15H2/t14-/m0/s1. The molecule has 6 nitrogen and oxygen atoms in total. The molecule has 1 aliphatic heterocycles. The van der Waals surface area contributed by atoms with Gasteiger partial charge in [0.05, 0.1) is 0 Å². The van der Waals surface area contributed by atoms with Crippen LogP contribution in [-0.2, 0) is 0 Å². The van der Waals surface area contributed by atoms with Crippen LogP contribution in [0.3, 0.4) is 0 Å². The van der Waals surface area contributed by atoms with Crippen LogP contribution in [0.4, 0.5) is 0 Å². The van der Waals surface area contributed by atoms with Crippen molar-refractivity contribution in [2.24, 2.45) is 5.73 Å². The predicted molar refractivity (Wildman–Crippen MR) is 86.2 cm³/mol. The fourth-order valence-corrected chi connectivity index (χ4v) is 2.36. The summed E-state index contributed by atoms with van der Waals surface area (Å²) in [4.78, 5) is 0. The molecule has 1 atom stereocenters. The van der Waals surface area contributed by atoms with E-state index in [0.717, 1.165) is 71.9 Å². The number of hydrogen-bond donors (Lipinski definition) is 6. The first-order valence-corrected chi connectivity index (χ1v) is 8.20. The zero-order valence-electron chi connectivity index (χ0n) is 12.8. The van der Waals surface area contributed by atoms with Gasteiger partial charge in [-0.15, -0.1) is 0 Å². The van der Waals surface area contributed by atoms with Crippen LogP contribution in [0.25, 0.3) is 0 Å². The summed E-state index contributed by atoms with van der Waals surface area (Å²) < 4.78 is 0. The van der Waals surface area contributed by atoms with Gasteiger partial charge in [-0.3, -0.25) is 0 Å². The number of rotatable bonds is 4. The summed E-state index contributed by atoms with van der Waals surface area (Å²) in [5, 5.41) is 17.5. The van der Waals surface area contributed by atoms with E-state index in [9.17, 15) is 0 Å². The van der Waals surface area contributed by atoms with Crippen LogP contribution in [0.15, 0.2) is 0 Å². The Morgan fingerprint density at radius 1 is 0.700 bits per heavy atom. The lowest BCUT2D eigenvalue weighted by molar-refractivity contribution is 0.431. The minimum absolute atomic E-state index is 0.562. The van der Waals surface area contributed by atoms with E-state index >= 15 is 0 Å². The third-order valence-corrected chi connectivity index (χ3v) is 3.57. The Morgan fingerprint density at radius 2 is 1.25 bits per heavy atom. The zero-order chi connectivity index (χ0) is 14.3. The van der Waals surface area contributed by atoms with Gasteiger partial charge >= 0.3 is 0 Å². The monoisotopic (exact) mass is 286 g/mol. The van der Waals surface area contributed by atoms with Gasteiger partial charge in [-0.1, -0.05) is 6.42 Å². The van der Waals surface area contributed by atoms with Gasteiger partial charge in [-0.25, -0.2) is 0 Å². The SMILES string of the molecule is NCCCC[C@H]1CNCCNCCNCCNCCN1. The second-order valence-corrected chi connectivity index (χ2v) is 5.39. The maximum absolute atomic E-state index is 5.57. The van der Waals surface area contributed by atoms with Gasteiger partial charge in [0.2, 0.25) is 0 Å². The minimum atomic E-state index is 0.562. The first kappa shape index (κ1) is 17.8. The molecule has 0 unspecified atom stereocenters. The van der Waals surface area contributed by atoms with E-state index in [2.05, 4.69) is 26.6 Å². The Labute approximate surface area is 124 Å². The molecular formula is C14H34N6. The van der Waals surface area contributed by atoms with Crippen LogP contribution in [0.2, 0.25) is 0 Å². The molecule has 0 radical (unpaired) electrons. The van der Waals surface area contributed by atoms with Crippen molar-refractivity contribution in [1.29, 1.82) is 0 Å². The number of hydrogen-bond acceptors (Lipinski definition) is 6. The molecule has 1 heterocycles. The first-order valence-electron chi connectivity index (χ1n) is 8.20. The lowest BCUT2D eigenvalue weighted by Crippen LogP contribution is -2.43. The van der Waals surface area contributed by atoms with E-state index in [1.54, 1.807) is 0 Å². The van der Waals surface area contributed by atoms with Crippen molar-refractivity contribution in [1.82, 2.24) is 26.6 Å². The van der Waals surface area contributed by atoms with Crippen molar-refractivity contribution >= 4 is 0 Å². The van der Waals surface area contributed by atoms with Crippen LogP contribution < -0.4 is 32.3 Å². The Balaban J connectivity index is 2.21. The van der Waals surface area contributed by atoms with Crippen LogP contribution in [-0.4, -0.2) is 71.5 Å². The maximum atomic E-state index is 5.57. The van der Waals surface area contributed by atoms with E-state index in [1.165, 1.54) is 12.8 Å². The van der Waals surface area contributed by atoms with Crippen LogP contribution in [0, 0.1) is 0 Å². The van der Waals surface area contributed by atoms with Crippen LogP contribution in [0.5, 0.6) is 0 Å². The fraction of sp³-hybridized carbons (Fsp3) is 1.00. The van der Waals surface area contributed by atoms with Gasteiger partial charge in [0.1, 0.15) is 0 Å². The third kappa shape index (κ3) is 10.5. The number of unbranched alkanes of at least 4 members (excludes halogenated alkanes) is 1. The van der Waals surface area contributed by atoms with Crippen molar-refractivity contribution < 1.29 is 0 Å². The summed E-state index contributed by atoms with van der Waals surface area (Å²) in [5.74, 6) is 0. The first-order chi connectivity index (χ1) is 9.93. The minimum Gasteiger partial charge on any atom is -0.330 e. The zero-order valence-corrected chi connectivity index (χ0v) is 12.8. The molecule has 1 aliphatic rings. The molecule has 0 bridgehead atoms. The predicted octanol–water partition coefficient (Wildman–Crippen LogP) is -1.55. The summed E-state index contributed by atoms with van der Waals surface area (Å²) in [6, 6.07) is 0.562. The normalized spacial score (nSPS) is 24.8. The maximum Gasteiger partial charge on any atom is 0.0193 e. The Morgan fingerprint density at radius 3 is 1.85 bits per heavy atom. The third-order valence-electron chi connectivity index (χ3n) is 3.57. The van der Waals surface area contributed by atoms with Crippen molar-refractivity contribution in [3.63, 3.8) is 0 Å². The molecule has 0 aliphatic carbocycles. The molecule has 0 aromatic heterocycles. The molecule has 1 rings (SSSR count). The van der Waals surface area contributed by atoms with Gasteiger partial charge in [0.15, 0.2) is 0 Å². The molecule has 0 aromatic rings. The summed E-state index contributed by atoms with van der Waals surface area (Å²) in [5.41, 5.74) is 5.57. The summed E-state index contributed by atoms with van der Waals surface area (Å²) in [7, 11) is 0. The highest BCUT2D eigenvalue weighted by atomic mass is 15.0. The second-order valence-electron chi connectivity index (χ2n) is 5.39. The van der Waals surface area contributed by atoms with Crippen molar-refractivity contribution in [3.8, 4) is 0 Å². The highest BCUT2D eigenvalue weighted by molar-refractivity contribution is 4.71. The molecule has 20 heavy (non-hydrogen) atoms. The highest BCUT2D eigenvalue weighted by Crippen LogP contribution is 1.99. The van der Waals surface area contributed by atoms with Crippen LogP contribution in [0.1, 0.15) is 19.3 Å². The largest absolute Gasteiger partial charge is 0.330 e. The number of nitrogens with one attached hydrogen (secondary N) is 5. The average Bonchev–Trinajstić information content (AvgIpc) is 2.47. The van der Waals surface area contributed by atoms with E-state index in [-0.39, 0.29) is 0 Å². The lowest BCUT2D eigenvalue weighted by atomic mass is 10.1. The molecule has 1 saturated heterocycles. The van der Waals surface area contributed by atoms with Gasteiger partial charge in [-0.2, -0.15) is 0 Å². The van der Waals surface area contributed by atoms with Crippen molar-refractivity contribution in [2.45, 2.75) is 25.3 Å². The van der Waals surface area contributed by atoms with E-state index in [1.807, 2.05) is 0 Å². The highest BCUT2D eigenvalue weighted by Gasteiger charge is 2.07. The molecule has 0 saturated carbocycles. The van der Waals surface area contributed by atoms with Gasteiger partial charge in [0, 0.05) is 64.9 Å². The number of nitrogens with two attached hydrogens (primary N) is 1. The molecule has 1 fully saturated rings. The molecule has 0 amide bonds. The second kappa shape index (κ2) is 13.7. The average molecular weight is 286 g/mol. The quantitative estimate of drug-likeness (QED) is 0.351. The Kier molecular flexibility index (Phi) is 12.2. The molecule has 7 N–H and O–H groups in total. The molecule has 6 heteroatoms. The van der Waals surface area contributed by atoms with Gasteiger partial charge in [0.25, 0.3) is 0 Å². The summed E-state index contributed by atoms with van der Waals surface area (Å²) >= 11 is 0. The fourth-order valence-electron chi connectivity index (χ4n) is 2.36. The van der Waals surface area contributed by atoms with Crippen molar-refractivity contribution in [2.75, 3.05) is 65.4 Å². The summed E-state index contributed by atoms with van der Waals surface area (Å²) in [6.07, 6.45) is 3.55. The van der Waals surface area contributed by atoms with E-state index in [0.29, 0.717) is 6.04 Å². The summed E-state index contributed by atoms with van der Waals surface area (Å²) in [6.45, 7) is 10.2. The molecule has 0 spiro atoms. The van der Waals surface area contributed by atoms with E-state index < -0.39 is 0 Å². The van der Waals surface area contributed by atoms with E-state index in [4.69, 9.17) is 5.73 Å². The Hall–Kier alpha value is -0.240. The molecule has 0 aromatic carbocycles. The molecule has 120 valence electrons. The van der Waals surface area contributed by atoms with Gasteiger partial charge < -0.3 is 32.3 Å². The van der Waals surface area contributed by atoms with Crippen molar-refractivity contribution in [3.05, 3.63) is 0 Å². The van der Waals surface area contributed by atoms with Crippen LogP contribution >= 0.6 is 0 Å². The Bertz CT molecular complexity index is 186.